The van der Waals surface area contributed by atoms with Crippen molar-refractivity contribution in [2.45, 2.75) is 25.3 Å². The number of aromatic nitrogens is 2. The highest BCUT2D eigenvalue weighted by atomic mass is 32.2. The molecule has 32 heavy (non-hydrogen) atoms. The van der Waals surface area contributed by atoms with Gasteiger partial charge in [-0.15, -0.1) is 0 Å². The molecule has 0 bridgehead atoms. The minimum Gasteiger partial charge on any atom is -0.452 e. The number of para-hydroxylation sites is 1. The fraction of sp³-hybridized carbons (Fsp3) is 0.136. The molecule has 10 heteroatoms. The molecule has 4 aromatic rings. The molecule has 0 aliphatic carbocycles. The Balaban J connectivity index is 1.50. The maximum absolute atomic E-state index is 12.9. The van der Waals surface area contributed by atoms with Gasteiger partial charge in [-0.25, -0.2) is 13.2 Å². The Hall–Kier alpha value is -3.50. The van der Waals surface area contributed by atoms with Crippen molar-refractivity contribution in [3.8, 4) is 11.4 Å². The predicted molar refractivity (Wildman–Crippen MR) is 120 cm³/mol. The summed E-state index contributed by atoms with van der Waals surface area (Å²) in [4.78, 5) is 17.0. The molecule has 0 aliphatic rings. The van der Waals surface area contributed by atoms with Crippen molar-refractivity contribution in [1.82, 2.24) is 10.1 Å². The van der Waals surface area contributed by atoms with Crippen molar-refractivity contribution in [2.75, 3.05) is 4.72 Å². The number of hydrogen-bond donors (Lipinski definition) is 1. The van der Waals surface area contributed by atoms with E-state index in [-0.39, 0.29) is 28.6 Å². The Morgan fingerprint density at radius 3 is 2.75 bits per heavy atom. The number of esters is 1. The van der Waals surface area contributed by atoms with E-state index in [1.54, 1.807) is 31.2 Å². The van der Waals surface area contributed by atoms with E-state index in [4.69, 9.17) is 9.26 Å². The number of thiophene rings is 1. The van der Waals surface area contributed by atoms with Crippen LogP contribution in [0.2, 0.25) is 0 Å². The van der Waals surface area contributed by atoms with Crippen LogP contribution in [0, 0.1) is 13.8 Å². The van der Waals surface area contributed by atoms with Crippen LogP contribution in [0.5, 0.6) is 0 Å². The molecule has 2 heterocycles. The molecule has 0 atom stereocenters. The molecule has 164 valence electrons. The van der Waals surface area contributed by atoms with Crippen molar-refractivity contribution in [3.05, 3.63) is 81.9 Å². The van der Waals surface area contributed by atoms with Crippen molar-refractivity contribution < 1.29 is 22.5 Å². The van der Waals surface area contributed by atoms with Gasteiger partial charge in [0, 0.05) is 10.9 Å². The summed E-state index contributed by atoms with van der Waals surface area (Å²) >= 11 is 1.50. The van der Waals surface area contributed by atoms with E-state index in [1.807, 2.05) is 29.8 Å². The third-order valence-corrected chi connectivity index (χ3v) is 6.79. The van der Waals surface area contributed by atoms with Crippen molar-refractivity contribution in [3.63, 3.8) is 0 Å². The molecular weight excluding hydrogens is 450 g/mol. The highest BCUT2D eigenvalue weighted by Gasteiger charge is 2.21. The van der Waals surface area contributed by atoms with E-state index in [1.165, 1.54) is 23.5 Å². The van der Waals surface area contributed by atoms with Crippen LogP contribution < -0.4 is 4.72 Å². The molecule has 4 rings (SSSR count). The lowest BCUT2D eigenvalue weighted by Gasteiger charge is -2.13. The summed E-state index contributed by atoms with van der Waals surface area (Å²) in [6.45, 7) is 3.28. The van der Waals surface area contributed by atoms with Gasteiger partial charge in [0.1, 0.15) is 0 Å². The van der Waals surface area contributed by atoms with Crippen LogP contribution in [0.1, 0.15) is 27.4 Å². The summed E-state index contributed by atoms with van der Waals surface area (Å²) in [5, 5.41) is 7.63. The number of nitrogens with zero attached hydrogens (tertiary/aromatic N) is 2. The van der Waals surface area contributed by atoms with Crippen molar-refractivity contribution in [2.24, 2.45) is 0 Å². The second-order valence-corrected chi connectivity index (χ2v) is 9.45. The highest BCUT2D eigenvalue weighted by Crippen LogP contribution is 2.24. The normalized spacial score (nSPS) is 11.3. The first-order valence-electron chi connectivity index (χ1n) is 9.55. The van der Waals surface area contributed by atoms with E-state index in [2.05, 4.69) is 14.9 Å². The van der Waals surface area contributed by atoms with Crippen LogP contribution in [0.25, 0.3) is 11.4 Å². The van der Waals surface area contributed by atoms with E-state index >= 15 is 0 Å². The maximum Gasteiger partial charge on any atom is 0.340 e. The van der Waals surface area contributed by atoms with Gasteiger partial charge in [-0.2, -0.15) is 16.3 Å². The molecule has 0 radical (unpaired) electrons. The van der Waals surface area contributed by atoms with Gasteiger partial charge in [0.2, 0.25) is 5.82 Å². The average molecular weight is 470 g/mol. The summed E-state index contributed by atoms with van der Waals surface area (Å²) in [7, 11) is -3.91. The van der Waals surface area contributed by atoms with Gasteiger partial charge in [0.05, 0.1) is 16.1 Å². The molecule has 0 saturated carbocycles. The first-order chi connectivity index (χ1) is 15.3. The molecule has 1 N–H and O–H groups in total. The summed E-state index contributed by atoms with van der Waals surface area (Å²) in [6.07, 6.45) is 0. The second-order valence-electron chi connectivity index (χ2n) is 7.02. The van der Waals surface area contributed by atoms with Gasteiger partial charge in [0.25, 0.3) is 15.9 Å². The minimum atomic E-state index is -3.91. The Morgan fingerprint density at radius 2 is 1.97 bits per heavy atom. The highest BCUT2D eigenvalue weighted by molar-refractivity contribution is 7.92. The van der Waals surface area contributed by atoms with Gasteiger partial charge in [0.15, 0.2) is 6.61 Å². The maximum atomic E-state index is 12.9. The summed E-state index contributed by atoms with van der Waals surface area (Å²) in [5.74, 6) is -0.188. The van der Waals surface area contributed by atoms with Gasteiger partial charge in [-0.1, -0.05) is 29.4 Å². The number of benzene rings is 2. The SMILES string of the molecule is Cc1ccc(C)c(S(=O)(=O)Nc2ccccc2C(=O)OCc2nc(-c3ccsc3)no2)c1. The lowest BCUT2D eigenvalue weighted by Crippen LogP contribution is -2.17. The molecule has 0 aliphatic heterocycles. The Kier molecular flexibility index (Phi) is 6.06. The molecule has 0 saturated heterocycles. The smallest absolute Gasteiger partial charge is 0.340 e. The average Bonchev–Trinajstić information content (AvgIpc) is 3.45. The zero-order chi connectivity index (χ0) is 22.7. The Labute approximate surface area is 188 Å². The number of sulfonamides is 1. The van der Waals surface area contributed by atoms with Crippen LogP contribution in [0.15, 0.2) is 68.7 Å². The molecule has 2 aromatic heterocycles. The van der Waals surface area contributed by atoms with Crippen LogP contribution in [-0.4, -0.2) is 24.5 Å². The molecule has 8 nitrogen and oxygen atoms in total. The molecule has 0 amide bonds. The largest absolute Gasteiger partial charge is 0.452 e. The summed E-state index contributed by atoms with van der Waals surface area (Å²) in [6, 6.07) is 13.2. The minimum absolute atomic E-state index is 0.0685. The molecule has 2 aromatic carbocycles. The quantitative estimate of drug-likeness (QED) is 0.395. The number of hydrogen-bond acceptors (Lipinski definition) is 8. The van der Waals surface area contributed by atoms with Crippen LogP contribution in [-0.2, 0) is 21.4 Å². The van der Waals surface area contributed by atoms with Crippen molar-refractivity contribution >= 4 is 33.0 Å². The third kappa shape index (κ3) is 4.71. The fourth-order valence-electron chi connectivity index (χ4n) is 2.97. The van der Waals surface area contributed by atoms with E-state index in [9.17, 15) is 13.2 Å². The topological polar surface area (TPSA) is 111 Å². The number of rotatable bonds is 7. The lowest BCUT2D eigenvalue weighted by atomic mass is 10.2. The number of ether oxygens (including phenoxy) is 1. The van der Waals surface area contributed by atoms with E-state index in [0.717, 1.165) is 11.1 Å². The molecule has 0 fully saturated rings. The number of nitrogens with one attached hydrogen (secondary N) is 1. The Bertz CT molecular complexity index is 1360. The lowest BCUT2D eigenvalue weighted by molar-refractivity contribution is 0.0431. The first-order valence-corrected chi connectivity index (χ1v) is 12.0. The third-order valence-electron chi connectivity index (χ3n) is 4.60. The molecular formula is C22H19N3O5S2. The number of carbonyl (C=O) groups excluding carboxylic acids is 1. The molecule has 0 spiro atoms. The Morgan fingerprint density at radius 1 is 1.16 bits per heavy atom. The van der Waals surface area contributed by atoms with Gasteiger partial charge in [-0.05, 0) is 54.6 Å². The van der Waals surface area contributed by atoms with E-state index < -0.39 is 16.0 Å². The number of aryl methyl sites for hydroxylation is 2. The zero-order valence-corrected chi connectivity index (χ0v) is 18.9. The summed E-state index contributed by atoms with van der Waals surface area (Å²) in [5.41, 5.74) is 2.40. The van der Waals surface area contributed by atoms with E-state index in [0.29, 0.717) is 11.4 Å². The van der Waals surface area contributed by atoms with Gasteiger partial charge in [-0.3, -0.25) is 4.72 Å². The first kappa shape index (κ1) is 21.7. The predicted octanol–water partition coefficient (Wildman–Crippen LogP) is 4.57. The zero-order valence-electron chi connectivity index (χ0n) is 17.2. The standard InChI is InChI=1S/C22H19N3O5S2/c1-14-7-8-15(2)19(11-14)32(27,28)25-18-6-4-3-5-17(18)22(26)29-12-20-23-21(24-30-20)16-9-10-31-13-16/h3-11,13,25H,12H2,1-2H3. The van der Waals surface area contributed by atoms with Crippen LogP contribution in [0.3, 0.4) is 0 Å². The number of anilines is 1. The second kappa shape index (κ2) is 8.93. The monoisotopic (exact) mass is 469 g/mol. The fourth-order valence-corrected chi connectivity index (χ4v) is 5.02. The number of carbonyl (C=O) groups is 1. The van der Waals surface area contributed by atoms with Crippen molar-refractivity contribution in [1.29, 1.82) is 0 Å². The van der Waals surface area contributed by atoms with Gasteiger partial charge < -0.3 is 9.26 Å². The van der Waals surface area contributed by atoms with Gasteiger partial charge >= 0.3 is 5.97 Å². The van der Waals surface area contributed by atoms with Crippen LogP contribution >= 0.6 is 11.3 Å². The summed E-state index contributed by atoms with van der Waals surface area (Å²) < 4.78 is 38.8. The van der Waals surface area contributed by atoms with Crippen LogP contribution in [0.4, 0.5) is 5.69 Å². The molecule has 0 unspecified atom stereocenters.